The predicted octanol–water partition coefficient (Wildman–Crippen LogP) is 21.4. The van der Waals surface area contributed by atoms with Crippen LogP contribution in [0.1, 0.15) is 313 Å². The van der Waals surface area contributed by atoms with E-state index < -0.39 is 30.0 Å². The van der Waals surface area contributed by atoms with Crippen molar-refractivity contribution >= 4 is 127 Å². The summed E-state index contributed by atoms with van der Waals surface area (Å²) in [7, 11) is 0. The normalized spacial score (nSPS) is 18.7. The Labute approximate surface area is 762 Å². The molecule has 4 fully saturated rings. The van der Waals surface area contributed by atoms with Gasteiger partial charge in [-0.1, -0.05) is 118 Å². The zero-order valence-corrected chi connectivity index (χ0v) is 79.0. The van der Waals surface area contributed by atoms with Crippen molar-refractivity contribution in [3.63, 3.8) is 0 Å². The van der Waals surface area contributed by atoms with Gasteiger partial charge in [0.15, 0.2) is 0 Å². The second-order valence-corrected chi connectivity index (χ2v) is 41.7. The molecule has 12 rings (SSSR count). The van der Waals surface area contributed by atoms with Crippen LogP contribution in [0.25, 0.3) is 0 Å². The minimum absolute atomic E-state index is 0.0749. The van der Waals surface area contributed by atoms with Crippen LogP contribution < -0.4 is 19.6 Å². The van der Waals surface area contributed by atoms with E-state index in [1.807, 2.05) is 166 Å². The Morgan fingerprint density at radius 2 is 0.532 bits per heavy atom. The molecule has 668 valence electrons. The van der Waals surface area contributed by atoms with Crippen LogP contribution in [0.5, 0.6) is 0 Å². The van der Waals surface area contributed by atoms with Gasteiger partial charge in [-0.3, -0.25) is 19.2 Å². The van der Waals surface area contributed by atoms with E-state index in [4.69, 9.17) is 11.6 Å². The van der Waals surface area contributed by atoms with E-state index in [-0.39, 0.29) is 107 Å². The third-order valence-electron chi connectivity index (χ3n) is 21.5. The molecule has 8 N–H and O–H groups in total. The Balaban J connectivity index is 0.000000190. The molecule has 0 radical (unpaired) electrons. The lowest BCUT2D eigenvalue weighted by Crippen LogP contribution is -2.44. The average molecular weight is 1810 g/mol. The van der Waals surface area contributed by atoms with Crippen molar-refractivity contribution in [3.05, 3.63) is 203 Å². The molecule has 0 bridgehead atoms. The summed E-state index contributed by atoms with van der Waals surface area (Å²) in [6, 6.07) is 31.6. The zero-order valence-electron chi connectivity index (χ0n) is 75.0. The lowest BCUT2D eigenvalue weighted by molar-refractivity contribution is 0.0691. The first-order valence-electron chi connectivity index (χ1n) is 42.7. The highest BCUT2D eigenvalue weighted by Gasteiger charge is 2.40. The third kappa shape index (κ3) is 27.9. The molecule has 0 unspecified atom stereocenters. The van der Waals surface area contributed by atoms with Crippen LogP contribution in [-0.2, 0) is 0 Å². The Morgan fingerprint density at radius 3 is 0.762 bits per heavy atom. The number of carboxylic acids is 4. The van der Waals surface area contributed by atoms with Crippen molar-refractivity contribution in [2.45, 2.75) is 269 Å². The number of aryl methyl sites for hydroxylation is 5. The number of thiophene rings is 4. The molecule has 4 aliphatic rings. The van der Waals surface area contributed by atoms with E-state index in [9.17, 15) is 79.2 Å². The van der Waals surface area contributed by atoms with Gasteiger partial charge in [-0.15, -0.1) is 45.3 Å². The molecule has 4 amide bonds. The molecular weight excluding hydrogens is 1690 g/mol. The van der Waals surface area contributed by atoms with Crippen LogP contribution in [0.3, 0.4) is 0 Å². The Kier molecular flexibility index (Phi) is 34.0. The monoisotopic (exact) mass is 1800 g/mol. The lowest BCUT2D eigenvalue weighted by atomic mass is 9.90. The number of hydrogen-bond acceptors (Lipinski definition) is 16. The van der Waals surface area contributed by atoms with E-state index in [1.54, 1.807) is 80.3 Å². The number of aromatic carboxylic acids is 4. The second-order valence-electron chi connectivity index (χ2n) is 37.1. The van der Waals surface area contributed by atoms with Gasteiger partial charge in [-0.05, 0) is 298 Å². The molecule has 126 heavy (non-hydrogen) atoms. The van der Waals surface area contributed by atoms with Gasteiger partial charge in [0.05, 0.1) is 77.3 Å². The van der Waals surface area contributed by atoms with Gasteiger partial charge >= 0.3 is 23.9 Å². The molecule has 4 saturated carbocycles. The number of anilines is 4. The number of hydrogen-bond donors (Lipinski definition) is 8. The molecule has 0 spiro atoms. The number of amides is 4. The summed E-state index contributed by atoms with van der Waals surface area (Å²) < 4.78 is 0. The van der Waals surface area contributed by atoms with Crippen LogP contribution in [0.15, 0.2) is 109 Å². The van der Waals surface area contributed by atoms with Gasteiger partial charge in [0.25, 0.3) is 23.6 Å². The first kappa shape index (κ1) is 99.6. The summed E-state index contributed by atoms with van der Waals surface area (Å²) in [6.45, 7) is 33.6. The maximum atomic E-state index is 13.8. The minimum Gasteiger partial charge on any atom is -0.477 e. The third-order valence-corrected chi connectivity index (χ3v) is 25.9. The largest absolute Gasteiger partial charge is 0.477 e. The van der Waals surface area contributed by atoms with Crippen molar-refractivity contribution in [3.8, 4) is 47.4 Å². The van der Waals surface area contributed by atoms with Crippen LogP contribution in [0, 0.1) is 104 Å². The van der Waals surface area contributed by atoms with Gasteiger partial charge in [0, 0.05) is 62.5 Å². The van der Waals surface area contributed by atoms with Crippen LogP contribution in [0.2, 0.25) is 5.02 Å². The van der Waals surface area contributed by atoms with Crippen molar-refractivity contribution in [1.82, 2.24) is 0 Å². The number of carboxylic acid groups (broad SMARTS) is 4. The summed E-state index contributed by atoms with van der Waals surface area (Å²) in [5, 5.41) is 79.7. The maximum absolute atomic E-state index is 13.8. The number of carbonyl (C=O) groups is 8. The Hall–Kier alpha value is -10.2. The van der Waals surface area contributed by atoms with Crippen LogP contribution >= 0.6 is 56.9 Å². The summed E-state index contributed by atoms with van der Waals surface area (Å²) in [4.78, 5) is 112. The summed E-state index contributed by atoms with van der Waals surface area (Å²) >= 11 is 10.8. The number of benzene rings is 4. The molecule has 8 aromatic rings. The number of halogens is 1. The molecule has 0 atom stereocenters. The molecule has 0 saturated heterocycles. The molecule has 20 nitrogen and oxygen atoms in total. The van der Waals surface area contributed by atoms with E-state index in [0.717, 1.165) is 73.2 Å². The van der Waals surface area contributed by atoms with Crippen molar-refractivity contribution in [2.75, 3.05) is 19.6 Å². The van der Waals surface area contributed by atoms with E-state index in [1.165, 1.54) is 0 Å². The van der Waals surface area contributed by atoms with E-state index >= 15 is 0 Å². The molecule has 25 heteroatoms. The highest BCUT2D eigenvalue weighted by atomic mass is 35.5. The summed E-state index contributed by atoms with van der Waals surface area (Å²) in [6.07, 6.45) is 8.00. The fourth-order valence-corrected chi connectivity index (χ4v) is 18.7. The van der Waals surface area contributed by atoms with Gasteiger partial charge < -0.3 is 60.5 Å². The van der Waals surface area contributed by atoms with E-state index in [0.29, 0.717) is 172 Å². The van der Waals surface area contributed by atoms with Crippen molar-refractivity contribution in [1.29, 1.82) is 0 Å². The average Bonchev–Trinajstić information content (AvgIpc) is 1.66. The number of rotatable bonds is 16. The summed E-state index contributed by atoms with van der Waals surface area (Å²) in [5.41, 5.74) is 7.48. The predicted molar refractivity (Wildman–Crippen MR) is 505 cm³/mol. The second kappa shape index (κ2) is 43.1. The fourth-order valence-electron chi connectivity index (χ4n) is 15.0. The SMILES string of the molecule is Cc1ccc(C(=O)N(c2cc(C#CC(C)(C)C)sc2C(=O)O)C2CCC(O)CC2)c(C)c1.Cc1ccc(C(=O)N(c2cc(C#CC(C)(C)C)sc2C(=O)O)C2CCC(O)CC2)c(Cl)c1.Cc1ccc(C(=O)N(c2cc(C#CC(C)(C)C)sc2C(=O)O)C2CCC(O)CC2)cc1.Cc1ccc(C(=O)N(c2cc(C#CC(C)(C)C)sc2C(=O)O)C2CCC(O)CC2)cc1. The number of aliphatic hydroxyl groups is 4. The smallest absolute Gasteiger partial charge is 0.348 e. The topological polar surface area (TPSA) is 311 Å². The highest BCUT2D eigenvalue weighted by molar-refractivity contribution is 7.16. The van der Waals surface area contributed by atoms with Crippen LogP contribution in [0.4, 0.5) is 22.7 Å². The first-order valence-corrected chi connectivity index (χ1v) is 46.3. The molecule has 4 aromatic heterocycles. The highest BCUT2D eigenvalue weighted by Crippen LogP contribution is 2.43. The minimum atomic E-state index is -1.10. The molecular formula is C101H117ClN4O16S4. The van der Waals surface area contributed by atoms with Gasteiger partial charge in [0.1, 0.15) is 19.5 Å². The lowest BCUT2D eigenvalue weighted by Gasteiger charge is -2.36. The van der Waals surface area contributed by atoms with E-state index in [2.05, 4.69) is 47.4 Å². The Bertz CT molecular complexity index is 5210. The molecule has 4 aliphatic carbocycles. The van der Waals surface area contributed by atoms with Gasteiger partial charge in [-0.25, -0.2) is 19.2 Å². The molecule has 0 aliphatic heterocycles. The number of nitrogens with zero attached hydrogens (tertiary/aromatic N) is 4. The maximum Gasteiger partial charge on any atom is 0.348 e. The van der Waals surface area contributed by atoms with Gasteiger partial charge in [-0.2, -0.15) is 0 Å². The molecule has 4 heterocycles. The zero-order chi connectivity index (χ0) is 92.8. The standard InChI is InChI=1S/C26H31NO4S.C25H28ClNO4S.2C25H29NO4S/c1-16-6-11-21(17(2)14-16)24(29)27(18-7-9-19(28)10-8-18)22-15-20(12-13-26(3,4)5)32-23(22)25(30)31;1-15-5-10-19(20(26)13-15)23(29)27(16-6-8-17(28)9-7-16)21-14-18(11-12-25(2,3)4)32-22(21)24(30)31;2*1-16-5-7-17(8-6-16)23(28)26(18-9-11-19(27)12-10-18)21-15-20(13-14-25(2,3)4)31-22(21)24(29)30/h6,11,14-15,18-19,28H,7-10H2,1-5H3,(H,30,31);5,10,13-14,16-17,28H,6-9H2,1-4H3,(H,30,31);2*5-8,15,18-19,27H,9-12H2,1-4H3,(H,29,30). The van der Waals surface area contributed by atoms with Crippen molar-refractivity contribution in [2.24, 2.45) is 21.7 Å². The summed E-state index contributed by atoms with van der Waals surface area (Å²) in [5.74, 6) is 19.6. The van der Waals surface area contributed by atoms with Crippen molar-refractivity contribution < 1.29 is 79.2 Å². The first-order chi connectivity index (χ1) is 59.0. The number of aliphatic hydroxyl groups excluding tert-OH is 4. The molecule has 4 aromatic carbocycles. The van der Waals surface area contributed by atoms with Gasteiger partial charge in [0.2, 0.25) is 0 Å². The fraction of sp³-hybridized carbons (Fsp3) is 0.446. The number of carbonyl (C=O) groups excluding carboxylic acids is 4. The quantitative estimate of drug-likeness (QED) is 0.0417. The van der Waals surface area contributed by atoms with Crippen LogP contribution in [-0.4, -0.2) is 137 Å². The Morgan fingerprint density at radius 1 is 0.310 bits per heavy atom.